The molecule has 0 atom stereocenters. The topological polar surface area (TPSA) is 22.9 Å². The van der Waals surface area contributed by atoms with E-state index in [9.17, 15) is 0 Å². The van der Waals surface area contributed by atoms with E-state index in [2.05, 4.69) is 105 Å². The van der Waals surface area contributed by atoms with Crippen molar-refractivity contribution >= 4 is 82.2 Å². The first-order valence-electron chi connectivity index (χ1n) is 12.2. The van der Waals surface area contributed by atoms with Gasteiger partial charge in [-0.3, -0.25) is 0 Å². The van der Waals surface area contributed by atoms with Crippen LogP contribution in [0.3, 0.4) is 0 Å². The van der Waals surface area contributed by atoms with Gasteiger partial charge in [0.25, 0.3) is 0 Å². The summed E-state index contributed by atoms with van der Waals surface area (Å²) in [4.78, 5) is 0. The molecule has 5 heteroatoms. The van der Waals surface area contributed by atoms with Gasteiger partial charge in [-0.1, -0.05) is 48.5 Å². The first kappa shape index (κ1) is 20.1. The Kier molecular flexibility index (Phi) is 3.65. The Balaban J connectivity index is 1.63. The zero-order valence-corrected chi connectivity index (χ0v) is 21.0. The van der Waals surface area contributed by atoms with E-state index in [1.54, 1.807) is 0 Å². The molecule has 0 bridgehead atoms. The van der Waals surface area contributed by atoms with Crippen LogP contribution in [-0.4, -0.2) is 22.7 Å². The number of hydrogen-bond donors (Lipinski definition) is 0. The third kappa shape index (κ3) is 2.43. The molecule has 4 aromatic carbocycles. The van der Waals surface area contributed by atoms with Crippen LogP contribution in [-0.2, 0) is 9.31 Å². The number of thiophene rings is 1. The second-order valence-electron chi connectivity index (χ2n) is 10.8. The highest BCUT2D eigenvalue weighted by atomic mass is 32.1. The zero-order chi connectivity index (χ0) is 23.7. The maximum Gasteiger partial charge on any atom is 0.494 e. The van der Waals surface area contributed by atoms with Gasteiger partial charge >= 0.3 is 7.12 Å². The van der Waals surface area contributed by atoms with Crippen LogP contribution in [0.5, 0.6) is 0 Å². The van der Waals surface area contributed by atoms with Crippen LogP contribution in [0.15, 0.2) is 72.8 Å². The number of aromatic nitrogens is 1. The highest BCUT2D eigenvalue weighted by Crippen LogP contribution is 2.45. The van der Waals surface area contributed by atoms with Gasteiger partial charge < -0.3 is 13.7 Å². The lowest BCUT2D eigenvalue weighted by atomic mass is 9.77. The van der Waals surface area contributed by atoms with Gasteiger partial charge in [0.2, 0.25) is 0 Å². The molecule has 0 saturated carbocycles. The van der Waals surface area contributed by atoms with Crippen LogP contribution in [0.4, 0.5) is 0 Å². The minimum Gasteiger partial charge on any atom is -0.399 e. The average molecular weight is 473 g/mol. The average Bonchev–Trinajstić information content (AvgIpc) is 3.41. The summed E-state index contributed by atoms with van der Waals surface area (Å²) in [5, 5.41) is 7.72. The van der Waals surface area contributed by atoms with Crippen LogP contribution >= 0.6 is 11.3 Å². The fourth-order valence-corrected chi connectivity index (χ4v) is 7.10. The van der Waals surface area contributed by atoms with Crippen LogP contribution < -0.4 is 5.46 Å². The highest BCUT2D eigenvalue weighted by Gasteiger charge is 2.51. The maximum absolute atomic E-state index is 6.52. The van der Waals surface area contributed by atoms with Crippen molar-refractivity contribution < 1.29 is 9.31 Å². The largest absolute Gasteiger partial charge is 0.494 e. The molecule has 1 saturated heterocycles. The summed E-state index contributed by atoms with van der Waals surface area (Å²) in [6.45, 7) is 8.47. The third-order valence-electron chi connectivity index (χ3n) is 8.35. The number of rotatable bonds is 1. The summed E-state index contributed by atoms with van der Waals surface area (Å²) in [5.41, 5.74) is 4.05. The Labute approximate surface area is 207 Å². The van der Waals surface area contributed by atoms with E-state index in [-0.39, 0.29) is 11.2 Å². The molecule has 1 aliphatic heterocycles. The molecule has 0 N–H and O–H groups in total. The summed E-state index contributed by atoms with van der Waals surface area (Å²) in [5.74, 6) is 0. The minimum atomic E-state index is -0.407. The van der Waals surface area contributed by atoms with Crippen molar-refractivity contribution in [2.24, 2.45) is 0 Å². The fraction of sp³-hybridized carbons (Fsp3) is 0.200. The van der Waals surface area contributed by atoms with E-state index in [4.69, 9.17) is 9.31 Å². The second-order valence-corrected chi connectivity index (χ2v) is 11.9. The van der Waals surface area contributed by atoms with Gasteiger partial charge in [0.1, 0.15) is 0 Å². The Bertz CT molecular complexity index is 1960. The van der Waals surface area contributed by atoms with Crippen molar-refractivity contribution in [2.75, 3.05) is 0 Å². The zero-order valence-electron chi connectivity index (χ0n) is 20.2. The van der Waals surface area contributed by atoms with Crippen molar-refractivity contribution in [3.05, 3.63) is 72.8 Å². The predicted octanol–water partition coefficient (Wildman–Crippen LogP) is 7.50. The smallest absolute Gasteiger partial charge is 0.399 e. The Morgan fingerprint density at radius 2 is 1.26 bits per heavy atom. The van der Waals surface area contributed by atoms with E-state index in [0.29, 0.717) is 0 Å². The van der Waals surface area contributed by atoms with Gasteiger partial charge in [0.05, 0.1) is 27.8 Å². The number of fused-ring (bicyclic) bond motifs is 5. The molecule has 0 amide bonds. The summed E-state index contributed by atoms with van der Waals surface area (Å²) in [6.07, 6.45) is 0. The third-order valence-corrected chi connectivity index (χ3v) is 9.47. The molecule has 4 heterocycles. The monoisotopic (exact) mass is 473 g/mol. The molecule has 0 radical (unpaired) electrons. The highest BCUT2D eigenvalue weighted by molar-refractivity contribution is 7.26. The van der Waals surface area contributed by atoms with Gasteiger partial charge in [-0.25, -0.2) is 0 Å². The summed E-state index contributed by atoms with van der Waals surface area (Å²) in [6, 6.07) is 26.8. The number of benzene rings is 4. The van der Waals surface area contributed by atoms with Crippen molar-refractivity contribution in [3.63, 3.8) is 0 Å². The van der Waals surface area contributed by atoms with Crippen molar-refractivity contribution in [1.29, 1.82) is 0 Å². The molecule has 7 aromatic rings. The Hall–Kier alpha value is -3.12. The lowest BCUT2D eigenvalue weighted by Gasteiger charge is -2.32. The van der Waals surface area contributed by atoms with E-state index < -0.39 is 7.12 Å². The summed E-state index contributed by atoms with van der Waals surface area (Å²) < 4.78 is 18.2. The van der Waals surface area contributed by atoms with E-state index in [1.165, 1.54) is 58.3 Å². The van der Waals surface area contributed by atoms with Gasteiger partial charge in [-0.2, -0.15) is 0 Å². The van der Waals surface area contributed by atoms with Crippen molar-refractivity contribution in [3.8, 4) is 0 Å². The molecule has 3 nitrogen and oxygen atoms in total. The molecule has 1 aliphatic rings. The second kappa shape index (κ2) is 6.35. The molecular formula is C30H24BNO2S. The van der Waals surface area contributed by atoms with Crippen molar-refractivity contribution in [1.82, 2.24) is 4.40 Å². The SMILES string of the molecule is CC1(C)OB(c2cc3c4cccc5sc6cccc(c6c54)n4c5ccccc5c(c2)c34)OC1(C)C. The van der Waals surface area contributed by atoms with Crippen LogP contribution in [0.1, 0.15) is 27.7 Å². The number of para-hydroxylation sites is 1. The molecule has 3 aromatic heterocycles. The van der Waals surface area contributed by atoms with Gasteiger partial charge in [-0.15, -0.1) is 11.3 Å². The van der Waals surface area contributed by atoms with Crippen LogP contribution in [0.2, 0.25) is 0 Å². The van der Waals surface area contributed by atoms with Gasteiger partial charge in [-0.05, 0) is 62.8 Å². The Morgan fingerprint density at radius 1 is 0.657 bits per heavy atom. The van der Waals surface area contributed by atoms with Gasteiger partial charge in [0.15, 0.2) is 0 Å². The van der Waals surface area contributed by atoms with Crippen LogP contribution in [0.25, 0.3) is 58.3 Å². The normalized spacial score (nSPS) is 17.9. The number of hydrogen-bond acceptors (Lipinski definition) is 3. The standard InChI is InChI=1S/C30H24BNO2S/c1-29(2)30(3,4)34-31(33-29)17-15-20-18-9-5-6-11-22(18)32-23-12-8-14-25-27(23)26-19(21(16-17)28(20)32)10-7-13-24(26)35-25/h5-16H,1-4H3. The summed E-state index contributed by atoms with van der Waals surface area (Å²) >= 11 is 1.88. The lowest BCUT2D eigenvalue weighted by molar-refractivity contribution is 0.00578. The molecule has 0 aliphatic carbocycles. The van der Waals surface area contributed by atoms with E-state index in [1.807, 2.05) is 11.3 Å². The van der Waals surface area contributed by atoms with Crippen molar-refractivity contribution in [2.45, 2.75) is 38.9 Å². The van der Waals surface area contributed by atoms with Gasteiger partial charge in [0, 0.05) is 36.3 Å². The minimum absolute atomic E-state index is 0.384. The van der Waals surface area contributed by atoms with E-state index in [0.717, 1.165) is 5.46 Å². The first-order valence-corrected chi connectivity index (χ1v) is 13.0. The maximum atomic E-state index is 6.52. The lowest BCUT2D eigenvalue weighted by Crippen LogP contribution is -2.41. The number of nitrogens with zero attached hydrogens (tertiary/aromatic N) is 1. The molecule has 8 rings (SSSR count). The summed E-state index contributed by atoms with van der Waals surface area (Å²) in [7, 11) is -0.407. The Morgan fingerprint density at radius 3 is 2.03 bits per heavy atom. The first-order chi connectivity index (χ1) is 16.8. The molecule has 170 valence electrons. The molecule has 0 unspecified atom stereocenters. The molecule has 35 heavy (non-hydrogen) atoms. The fourth-order valence-electron chi connectivity index (χ4n) is 5.95. The molecular weight excluding hydrogens is 449 g/mol. The predicted molar refractivity (Wildman–Crippen MR) is 150 cm³/mol. The quantitative estimate of drug-likeness (QED) is 0.230. The molecule has 0 spiro atoms. The van der Waals surface area contributed by atoms with E-state index >= 15 is 0 Å². The molecule has 1 fully saturated rings. The van der Waals surface area contributed by atoms with Crippen LogP contribution in [0, 0.1) is 0 Å².